The number of nitrogens with zero attached hydrogens (tertiary/aromatic N) is 2. The number of benzene rings is 2. The summed E-state index contributed by atoms with van der Waals surface area (Å²) in [6, 6.07) is 8.19. The molecular weight excluding hydrogens is 449 g/mol. The summed E-state index contributed by atoms with van der Waals surface area (Å²) < 4.78 is 0. The molecule has 0 bridgehead atoms. The Kier molecular flexibility index (Phi) is 6.01. The number of carbonyl (C=O) groups is 2. The van der Waals surface area contributed by atoms with Crippen LogP contribution >= 0.6 is 23.2 Å². The van der Waals surface area contributed by atoms with Crippen LogP contribution in [0.1, 0.15) is 53.7 Å². The van der Waals surface area contributed by atoms with Crippen LogP contribution in [0.15, 0.2) is 30.3 Å². The van der Waals surface area contributed by atoms with Crippen molar-refractivity contribution in [3.8, 4) is 0 Å². The van der Waals surface area contributed by atoms with Gasteiger partial charge in [-0.25, -0.2) is 0 Å². The van der Waals surface area contributed by atoms with Gasteiger partial charge in [-0.1, -0.05) is 43.1 Å². The maximum absolute atomic E-state index is 13.9. The van der Waals surface area contributed by atoms with Crippen LogP contribution in [0.4, 0.5) is 5.69 Å². The van der Waals surface area contributed by atoms with Crippen molar-refractivity contribution >= 4 is 40.7 Å². The van der Waals surface area contributed by atoms with Crippen LogP contribution in [0.5, 0.6) is 0 Å². The molecular formula is C24H27Cl2N3O3. The molecule has 0 spiro atoms. The first kappa shape index (κ1) is 23.1. The average Bonchev–Trinajstić information content (AvgIpc) is 2.92. The van der Waals surface area contributed by atoms with Gasteiger partial charge in [-0.2, -0.15) is 0 Å². The fraction of sp³-hybridized carbons (Fsp3) is 0.417. The topological polar surface area (TPSA) is 86.9 Å². The first-order valence-electron chi connectivity index (χ1n) is 10.8. The second-order valence-electron chi connectivity index (χ2n) is 8.56. The summed E-state index contributed by atoms with van der Waals surface area (Å²) in [6.45, 7) is 7.88. The Hall–Kier alpha value is -2.12. The number of amides is 2. The van der Waals surface area contributed by atoms with Crippen molar-refractivity contribution in [1.82, 2.24) is 4.90 Å². The highest BCUT2D eigenvalue weighted by Gasteiger charge is 2.56. The van der Waals surface area contributed by atoms with Gasteiger partial charge in [0.1, 0.15) is 0 Å². The molecule has 1 unspecified atom stereocenters. The summed E-state index contributed by atoms with van der Waals surface area (Å²) in [4.78, 5) is 29.8. The fourth-order valence-electron chi connectivity index (χ4n) is 5.17. The van der Waals surface area contributed by atoms with E-state index in [1.165, 1.54) is 6.07 Å². The largest absolute Gasteiger partial charge is 0.372 e. The maximum Gasteiger partial charge on any atom is 0.268 e. The number of hydrogen-bond donors (Lipinski definition) is 2. The molecule has 2 aliphatic rings. The maximum atomic E-state index is 13.9. The van der Waals surface area contributed by atoms with E-state index in [-0.39, 0.29) is 16.6 Å². The molecule has 1 aliphatic heterocycles. The Morgan fingerprint density at radius 3 is 2.44 bits per heavy atom. The Morgan fingerprint density at radius 1 is 1.22 bits per heavy atom. The summed E-state index contributed by atoms with van der Waals surface area (Å²) in [5.41, 5.74) is 5.69. The predicted molar refractivity (Wildman–Crippen MR) is 126 cm³/mol. The van der Waals surface area contributed by atoms with Gasteiger partial charge in [-0.05, 0) is 62.7 Å². The van der Waals surface area contributed by atoms with Crippen LogP contribution in [0.25, 0.3) is 0 Å². The summed E-state index contributed by atoms with van der Waals surface area (Å²) >= 11 is 12.5. The second-order valence-corrected chi connectivity index (χ2v) is 9.41. The zero-order chi connectivity index (χ0) is 23.4. The minimum atomic E-state index is -1.97. The van der Waals surface area contributed by atoms with Gasteiger partial charge in [-0.3, -0.25) is 9.59 Å². The van der Waals surface area contributed by atoms with Gasteiger partial charge in [0.25, 0.3) is 5.91 Å². The van der Waals surface area contributed by atoms with Gasteiger partial charge in [0.15, 0.2) is 5.60 Å². The minimum Gasteiger partial charge on any atom is -0.372 e. The molecule has 0 aromatic heterocycles. The van der Waals surface area contributed by atoms with E-state index < -0.39 is 17.4 Å². The van der Waals surface area contributed by atoms with Crippen molar-refractivity contribution in [1.29, 1.82) is 0 Å². The van der Waals surface area contributed by atoms with E-state index >= 15 is 0 Å². The Balaban J connectivity index is 1.84. The average molecular weight is 476 g/mol. The number of hydrogen-bond acceptors (Lipinski definition) is 4. The van der Waals surface area contributed by atoms with E-state index in [0.717, 1.165) is 25.9 Å². The molecule has 6 nitrogen and oxygen atoms in total. The summed E-state index contributed by atoms with van der Waals surface area (Å²) in [6.07, 6.45) is 1.58. The lowest BCUT2D eigenvalue weighted by Crippen LogP contribution is -2.56. The molecule has 1 fully saturated rings. The van der Waals surface area contributed by atoms with E-state index in [2.05, 4.69) is 18.7 Å². The normalized spacial score (nSPS) is 24.6. The highest BCUT2D eigenvalue weighted by atomic mass is 35.5. The lowest BCUT2D eigenvalue weighted by molar-refractivity contribution is -0.133. The second kappa shape index (κ2) is 8.34. The SMILES string of the molecule is CCN(CC)C1CC(N2C(=O)C(O)(c3ccc(Cl)cc3Cl)c3c(C)cc(C(N)=O)cc32)C1. The summed E-state index contributed by atoms with van der Waals surface area (Å²) in [5.74, 6) is -1.05. The van der Waals surface area contributed by atoms with Crippen molar-refractivity contribution in [2.75, 3.05) is 18.0 Å². The molecule has 1 atom stereocenters. The number of rotatable bonds is 6. The predicted octanol–water partition coefficient (Wildman–Crippen LogP) is 3.86. The van der Waals surface area contributed by atoms with Gasteiger partial charge in [0, 0.05) is 38.8 Å². The number of halogens is 2. The molecule has 2 aromatic carbocycles. The molecule has 2 amide bonds. The van der Waals surface area contributed by atoms with Gasteiger partial charge >= 0.3 is 0 Å². The number of aryl methyl sites for hydroxylation is 1. The van der Waals surface area contributed by atoms with Crippen LogP contribution in [0.3, 0.4) is 0 Å². The molecule has 170 valence electrons. The van der Waals surface area contributed by atoms with Gasteiger partial charge < -0.3 is 20.6 Å². The number of fused-ring (bicyclic) bond motifs is 1. The molecule has 2 aromatic rings. The van der Waals surface area contributed by atoms with Crippen molar-refractivity contribution in [2.24, 2.45) is 5.73 Å². The van der Waals surface area contributed by atoms with Crippen LogP contribution in [0.2, 0.25) is 10.0 Å². The zero-order valence-corrected chi connectivity index (χ0v) is 19.9. The number of primary amides is 1. The molecule has 32 heavy (non-hydrogen) atoms. The smallest absolute Gasteiger partial charge is 0.268 e. The van der Waals surface area contributed by atoms with Crippen LogP contribution in [-0.4, -0.2) is 47.0 Å². The number of anilines is 1. The van der Waals surface area contributed by atoms with Crippen molar-refractivity contribution in [2.45, 2.75) is 51.3 Å². The number of carbonyl (C=O) groups excluding carboxylic acids is 2. The molecule has 1 saturated carbocycles. The van der Waals surface area contributed by atoms with E-state index in [0.29, 0.717) is 33.4 Å². The van der Waals surface area contributed by atoms with E-state index in [1.807, 2.05) is 0 Å². The highest BCUT2D eigenvalue weighted by molar-refractivity contribution is 6.35. The van der Waals surface area contributed by atoms with Gasteiger partial charge in [-0.15, -0.1) is 0 Å². The van der Waals surface area contributed by atoms with Crippen LogP contribution < -0.4 is 10.6 Å². The van der Waals surface area contributed by atoms with E-state index in [9.17, 15) is 14.7 Å². The number of aliphatic hydroxyl groups is 1. The lowest BCUT2D eigenvalue weighted by Gasteiger charge is -2.46. The first-order valence-corrected chi connectivity index (χ1v) is 11.6. The zero-order valence-electron chi connectivity index (χ0n) is 18.4. The minimum absolute atomic E-state index is 0.0884. The summed E-state index contributed by atoms with van der Waals surface area (Å²) in [5, 5.41) is 12.5. The van der Waals surface area contributed by atoms with Gasteiger partial charge in [0.05, 0.1) is 5.69 Å². The Bertz CT molecular complexity index is 1100. The number of nitrogens with two attached hydrogens (primary N) is 1. The molecule has 1 heterocycles. The van der Waals surface area contributed by atoms with Crippen molar-refractivity contribution in [3.05, 3.63) is 62.6 Å². The third-order valence-electron chi connectivity index (χ3n) is 6.85. The highest BCUT2D eigenvalue weighted by Crippen LogP contribution is 2.51. The monoisotopic (exact) mass is 475 g/mol. The van der Waals surface area contributed by atoms with E-state index in [1.54, 1.807) is 36.1 Å². The van der Waals surface area contributed by atoms with Crippen molar-refractivity contribution in [3.63, 3.8) is 0 Å². The Morgan fingerprint density at radius 2 is 1.88 bits per heavy atom. The van der Waals surface area contributed by atoms with Crippen molar-refractivity contribution < 1.29 is 14.7 Å². The standard InChI is InChI=1S/C24H27Cl2N3O3/c1-4-28(5-2)16-11-17(12-16)29-20-9-14(22(27)30)8-13(3)21(20)24(32,23(29)31)18-7-6-15(25)10-19(18)26/h6-10,16-17,32H,4-5,11-12H2,1-3H3,(H2,27,30). The molecule has 3 N–H and O–H groups in total. The molecule has 0 radical (unpaired) electrons. The lowest BCUT2D eigenvalue weighted by atomic mass is 9.83. The molecule has 8 heteroatoms. The molecule has 4 rings (SSSR count). The molecule has 1 aliphatic carbocycles. The summed E-state index contributed by atoms with van der Waals surface area (Å²) in [7, 11) is 0. The molecule has 0 saturated heterocycles. The van der Waals surface area contributed by atoms with Crippen LogP contribution in [0, 0.1) is 6.92 Å². The fourth-order valence-corrected chi connectivity index (χ4v) is 5.71. The van der Waals surface area contributed by atoms with Crippen LogP contribution in [-0.2, 0) is 10.4 Å². The third kappa shape index (κ3) is 3.41. The Labute approximate surface area is 197 Å². The third-order valence-corrected chi connectivity index (χ3v) is 7.40. The first-order chi connectivity index (χ1) is 15.1. The quantitative estimate of drug-likeness (QED) is 0.663. The van der Waals surface area contributed by atoms with E-state index in [4.69, 9.17) is 28.9 Å². The van der Waals surface area contributed by atoms with Gasteiger partial charge in [0.2, 0.25) is 5.91 Å².